The zero-order valence-electron chi connectivity index (χ0n) is 10.2. The molecule has 0 aromatic heterocycles. The van der Waals surface area contributed by atoms with E-state index in [0.29, 0.717) is 18.3 Å². The molecule has 1 fully saturated rings. The topological polar surface area (TPSA) is 40.5 Å². The van der Waals surface area contributed by atoms with Gasteiger partial charge in [-0.25, -0.2) is 0 Å². The molecule has 0 bridgehead atoms. The first-order valence-electron chi connectivity index (χ1n) is 6.12. The van der Waals surface area contributed by atoms with E-state index in [2.05, 4.69) is 27.2 Å². The van der Waals surface area contributed by atoms with Crippen LogP contribution >= 0.6 is 0 Å². The molecule has 2 heteroatoms. The molecule has 2 nitrogen and oxygen atoms in total. The molecule has 1 aliphatic rings. The summed E-state index contributed by atoms with van der Waals surface area (Å²) in [6, 6.07) is 0. The Morgan fingerprint density at radius 2 is 2.13 bits per heavy atom. The fourth-order valence-electron chi connectivity index (χ4n) is 2.52. The van der Waals surface area contributed by atoms with Gasteiger partial charge in [-0.1, -0.05) is 20.8 Å². The largest absolute Gasteiger partial charge is 0.396 e. The maximum atomic E-state index is 9.98. The molecule has 1 rings (SSSR count). The second-order valence-corrected chi connectivity index (χ2v) is 5.57. The maximum absolute atomic E-state index is 9.98. The second-order valence-electron chi connectivity index (χ2n) is 5.57. The van der Waals surface area contributed by atoms with Gasteiger partial charge >= 0.3 is 0 Å². The van der Waals surface area contributed by atoms with Gasteiger partial charge in [0, 0.05) is 6.61 Å². The lowest BCUT2D eigenvalue weighted by molar-refractivity contribution is -0.00477. The molecule has 0 aromatic rings. The molecule has 15 heavy (non-hydrogen) atoms. The zero-order chi connectivity index (χ0) is 11.5. The monoisotopic (exact) mass is 213 g/mol. The normalized spacial score (nSPS) is 34.4. The zero-order valence-corrected chi connectivity index (χ0v) is 10.2. The predicted molar refractivity (Wildman–Crippen MR) is 62.3 cm³/mol. The minimum Gasteiger partial charge on any atom is -0.396 e. The molecule has 0 amide bonds. The Labute approximate surface area is 93.7 Å². The molecule has 1 saturated carbocycles. The van der Waals surface area contributed by atoms with Crippen molar-refractivity contribution in [1.29, 1.82) is 0 Å². The van der Waals surface area contributed by atoms with E-state index in [9.17, 15) is 5.11 Å². The van der Waals surface area contributed by atoms with Crippen LogP contribution in [-0.4, -0.2) is 22.9 Å². The molecule has 2 N–H and O–H groups in total. The van der Waals surface area contributed by atoms with E-state index >= 15 is 0 Å². The van der Waals surface area contributed by atoms with Gasteiger partial charge in [0.1, 0.15) is 0 Å². The molecule has 0 saturated heterocycles. The van der Waals surface area contributed by atoms with Crippen LogP contribution in [0, 0.1) is 23.7 Å². The van der Waals surface area contributed by atoms with Crippen molar-refractivity contribution < 1.29 is 10.2 Å². The second kappa shape index (κ2) is 5.31. The molecule has 3 atom stereocenters. The first-order chi connectivity index (χ1) is 6.99. The summed E-state index contributed by atoms with van der Waals surface area (Å²) >= 11 is 0. The molecule has 0 aromatic carbocycles. The van der Waals surface area contributed by atoms with E-state index < -0.39 is 0 Å². The van der Waals surface area contributed by atoms with E-state index in [1.54, 1.807) is 0 Å². The molecule has 0 heterocycles. The van der Waals surface area contributed by atoms with E-state index in [4.69, 9.17) is 5.11 Å². The summed E-state index contributed by atoms with van der Waals surface area (Å²) in [6.45, 7) is 6.74. The summed E-state index contributed by atoms with van der Waals surface area (Å²) in [5.74, 6) is 1.42. The van der Waals surface area contributed by atoms with Crippen LogP contribution in [0.1, 0.15) is 46.5 Å². The van der Waals surface area contributed by atoms with Crippen LogP contribution < -0.4 is 0 Å². The maximum Gasteiger partial charge on any atom is 0.0615 e. The molecule has 1 radical (unpaired) electrons. The summed E-state index contributed by atoms with van der Waals surface area (Å²) in [7, 11) is 0. The van der Waals surface area contributed by atoms with Gasteiger partial charge in [-0.2, -0.15) is 0 Å². The molecular weight excluding hydrogens is 188 g/mol. The lowest BCUT2D eigenvalue weighted by Crippen LogP contribution is -2.37. The van der Waals surface area contributed by atoms with Gasteiger partial charge in [0.15, 0.2) is 0 Å². The quantitative estimate of drug-likeness (QED) is 0.753. The van der Waals surface area contributed by atoms with Gasteiger partial charge in [-0.15, -0.1) is 0 Å². The molecule has 0 aliphatic heterocycles. The van der Waals surface area contributed by atoms with Gasteiger partial charge in [-0.05, 0) is 49.4 Å². The number of rotatable bonds is 4. The van der Waals surface area contributed by atoms with E-state index in [0.717, 1.165) is 12.8 Å². The van der Waals surface area contributed by atoms with Gasteiger partial charge in [0.05, 0.1) is 6.10 Å². The minimum atomic E-state index is -0.355. The molecule has 89 valence electrons. The van der Waals surface area contributed by atoms with Crippen molar-refractivity contribution in [2.45, 2.75) is 52.6 Å². The number of aliphatic hydroxyl groups is 2. The summed E-state index contributed by atoms with van der Waals surface area (Å²) in [5, 5.41) is 18.8. The third-order valence-electron chi connectivity index (χ3n) is 4.00. The Hall–Kier alpha value is -0.0800. The lowest BCUT2D eigenvalue weighted by atomic mass is 9.66. The van der Waals surface area contributed by atoms with Gasteiger partial charge in [0.2, 0.25) is 0 Å². The Kier molecular flexibility index (Phi) is 4.60. The standard InChI is InChI=1S/C13H25O2/c1-10(2)11-4-7-13(3,8-5-11)12(15)6-9-14/h4,10-12,14-15H,5-9H2,1-3H3. The van der Waals surface area contributed by atoms with Crippen LogP contribution in [0.15, 0.2) is 0 Å². The molecule has 3 unspecified atom stereocenters. The first-order valence-corrected chi connectivity index (χ1v) is 6.12. The molecule has 0 spiro atoms. The van der Waals surface area contributed by atoms with Gasteiger partial charge in [-0.3, -0.25) is 0 Å². The van der Waals surface area contributed by atoms with Crippen LogP contribution in [-0.2, 0) is 0 Å². The van der Waals surface area contributed by atoms with E-state index in [1.165, 1.54) is 6.42 Å². The third-order valence-corrected chi connectivity index (χ3v) is 4.00. The average Bonchev–Trinajstić information content (AvgIpc) is 2.18. The Morgan fingerprint density at radius 1 is 1.47 bits per heavy atom. The van der Waals surface area contributed by atoms with E-state index in [-0.39, 0.29) is 18.1 Å². The number of hydrogen-bond acceptors (Lipinski definition) is 2. The van der Waals surface area contributed by atoms with Crippen LogP contribution in [0.3, 0.4) is 0 Å². The fraction of sp³-hybridized carbons (Fsp3) is 0.923. The number of aliphatic hydroxyl groups excluding tert-OH is 2. The molecule has 1 aliphatic carbocycles. The van der Waals surface area contributed by atoms with Crippen molar-refractivity contribution >= 4 is 0 Å². The van der Waals surface area contributed by atoms with Crippen molar-refractivity contribution in [3.8, 4) is 0 Å². The summed E-state index contributed by atoms with van der Waals surface area (Å²) in [4.78, 5) is 0. The first kappa shape index (κ1) is 13.0. The SMILES string of the molecule is CC(C)C1[CH]CC(C)(C(O)CCO)CC1. The Balaban J connectivity index is 2.46. The fourth-order valence-corrected chi connectivity index (χ4v) is 2.52. The highest BCUT2D eigenvalue weighted by Gasteiger charge is 2.37. The highest BCUT2D eigenvalue weighted by Crippen LogP contribution is 2.43. The third kappa shape index (κ3) is 3.18. The van der Waals surface area contributed by atoms with Crippen LogP contribution in [0.25, 0.3) is 0 Å². The van der Waals surface area contributed by atoms with E-state index in [1.807, 2.05) is 0 Å². The summed E-state index contributed by atoms with van der Waals surface area (Å²) in [6.07, 6.45) is 5.76. The van der Waals surface area contributed by atoms with Crippen molar-refractivity contribution in [1.82, 2.24) is 0 Å². The van der Waals surface area contributed by atoms with Gasteiger partial charge in [0.25, 0.3) is 0 Å². The van der Waals surface area contributed by atoms with Crippen LogP contribution in [0.5, 0.6) is 0 Å². The van der Waals surface area contributed by atoms with Crippen molar-refractivity contribution in [2.24, 2.45) is 17.3 Å². The van der Waals surface area contributed by atoms with Crippen molar-refractivity contribution in [3.05, 3.63) is 6.42 Å². The van der Waals surface area contributed by atoms with Crippen molar-refractivity contribution in [3.63, 3.8) is 0 Å². The van der Waals surface area contributed by atoms with Crippen LogP contribution in [0.2, 0.25) is 0 Å². The summed E-state index contributed by atoms with van der Waals surface area (Å²) in [5.41, 5.74) is -0.00583. The Bertz CT molecular complexity index is 181. The van der Waals surface area contributed by atoms with Gasteiger partial charge < -0.3 is 10.2 Å². The average molecular weight is 213 g/mol. The Morgan fingerprint density at radius 3 is 2.53 bits per heavy atom. The minimum absolute atomic E-state index is 0.00583. The smallest absolute Gasteiger partial charge is 0.0615 e. The van der Waals surface area contributed by atoms with Crippen LogP contribution in [0.4, 0.5) is 0 Å². The van der Waals surface area contributed by atoms with Crippen molar-refractivity contribution in [2.75, 3.05) is 6.61 Å². The summed E-state index contributed by atoms with van der Waals surface area (Å²) < 4.78 is 0. The lowest BCUT2D eigenvalue weighted by Gasteiger charge is -2.41. The number of hydrogen-bond donors (Lipinski definition) is 2. The highest BCUT2D eigenvalue weighted by molar-refractivity contribution is 4.96. The predicted octanol–water partition coefficient (Wildman–Crippen LogP) is 2.40. The highest BCUT2D eigenvalue weighted by atomic mass is 16.3. The molecular formula is C13H25O2.